The average Bonchev–Trinajstić information content (AvgIpc) is 3.07. The number of piperidine rings is 1. The molecule has 0 bridgehead atoms. The first-order valence-corrected chi connectivity index (χ1v) is 9.89. The van der Waals surface area contributed by atoms with Crippen LogP contribution in [0.2, 0.25) is 0 Å². The summed E-state index contributed by atoms with van der Waals surface area (Å²) in [6.45, 7) is 3.33. The Balaban J connectivity index is 1.57. The normalized spacial score (nSPS) is 22.8. The van der Waals surface area contributed by atoms with E-state index >= 15 is 0 Å². The molecule has 3 rings (SSSR count). The highest BCUT2D eigenvalue weighted by atomic mass is 16.3. The van der Waals surface area contributed by atoms with Gasteiger partial charge in [0.05, 0.1) is 0 Å². The van der Waals surface area contributed by atoms with Crippen LogP contribution in [-0.4, -0.2) is 43.8 Å². The van der Waals surface area contributed by atoms with Crippen molar-refractivity contribution in [1.82, 2.24) is 19.7 Å². The molecule has 140 valence electrons. The molecule has 1 aromatic rings. The molecule has 0 spiro atoms. The second-order valence-corrected chi connectivity index (χ2v) is 7.91. The molecule has 1 saturated carbocycles. The third-order valence-corrected chi connectivity index (χ3v) is 6.21. The Kier molecular flexibility index (Phi) is 5.77. The van der Waals surface area contributed by atoms with Crippen LogP contribution in [0.3, 0.4) is 0 Å². The van der Waals surface area contributed by atoms with Crippen molar-refractivity contribution >= 4 is 5.91 Å². The smallest absolute Gasteiger partial charge is 0.225 e. The maximum Gasteiger partial charge on any atom is 0.225 e. The van der Waals surface area contributed by atoms with Crippen LogP contribution in [0.5, 0.6) is 0 Å². The van der Waals surface area contributed by atoms with E-state index in [0.29, 0.717) is 31.8 Å². The van der Waals surface area contributed by atoms with Gasteiger partial charge in [-0.1, -0.05) is 39.0 Å². The molecule has 6 nitrogen and oxygen atoms in total. The first-order valence-electron chi connectivity index (χ1n) is 9.89. The van der Waals surface area contributed by atoms with E-state index in [4.69, 9.17) is 0 Å². The molecule has 25 heavy (non-hydrogen) atoms. The van der Waals surface area contributed by atoms with Crippen molar-refractivity contribution in [2.24, 2.45) is 18.9 Å². The number of amides is 1. The summed E-state index contributed by atoms with van der Waals surface area (Å²) < 4.78 is 1.63. The van der Waals surface area contributed by atoms with E-state index in [2.05, 4.69) is 17.0 Å². The minimum atomic E-state index is -0.965. The van der Waals surface area contributed by atoms with Gasteiger partial charge in [0.15, 0.2) is 5.82 Å². The molecular formula is C19H32N4O2. The van der Waals surface area contributed by atoms with E-state index in [9.17, 15) is 9.90 Å². The maximum absolute atomic E-state index is 13.0. The van der Waals surface area contributed by atoms with E-state index in [1.807, 2.05) is 4.90 Å². The van der Waals surface area contributed by atoms with Gasteiger partial charge in [-0.2, -0.15) is 5.10 Å². The van der Waals surface area contributed by atoms with Crippen LogP contribution in [0.1, 0.15) is 70.5 Å². The zero-order valence-corrected chi connectivity index (χ0v) is 15.7. The van der Waals surface area contributed by atoms with Gasteiger partial charge in [0.25, 0.3) is 0 Å². The zero-order chi connectivity index (χ0) is 17.9. The largest absolute Gasteiger partial charge is 0.382 e. The molecule has 0 radical (unpaired) electrons. The molecule has 6 heteroatoms. The molecule has 1 aromatic heterocycles. The molecule has 2 aliphatic rings. The number of aliphatic hydroxyl groups is 1. The fraction of sp³-hybridized carbons (Fsp3) is 0.842. The Labute approximate surface area is 150 Å². The molecule has 1 saturated heterocycles. The van der Waals surface area contributed by atoms with Gasteiger partial charge >= 0.3 is 0 Å². The highest BCUT2D eigenvalue weighted by Gasteiger charge is 2.39. The van der Waals surface area contributed by atoms with Crippen molar-refractivity contribution in [2.75, 3.05) is 13.1 Å². The van der Waals surface area contributed by atoms with Gasteiger partial charge in [-0.25, -0.2) is 4.98 Å². The van der Waals surface area contributed by atoms with Crippen molar-refractivity contribution < 1.29 is 9.90 Å². The van der Waals surface area contributed by atoms with E-state index in [1.54, 1.807) is 11.7 Å². The molecule has 1 unspecified atom stereocenters. The number of nitrogens with zero attached hydrogens (tertiary/aromatic N) is 4. The van der Waals surface area contributed by atoms with Crippen LogP contribution in [0.15, 0.2) is 6.33 Å². The van der Waals surface area contributed by atoms with E-state index in [0.717, 1.165) is 18.8 Å². The molecule has 2 fully saturated rings. The number of hydrogen-bond acceptors (Lipinski definition) is 4. The van der Waals surface area contributed by atoms with Crippen molar-refractivity contribution in [3.63, 3.8) is 0 Å². The molecule has 2 heterocycles. The first-order chi connectivity index (χ1) is 12.0. The zero-order valence-electron chi connectivity index (χ0n) is 15.7. The quantitative estimate of drug-likeness (QED) is 0.888. The Morgan fingerprint density at radius 2 is 2.00 bits per heavy atom. The van der Waals surface area contributed by atoms with Crippen molar-refractivity contribution in [2.45, 2.75) is 70.3 Å². The Hall–Kier alpha value is -1.43. The highest BCUT2D eigenvalue weighted by Crippen LogP contribution is 2.34. The van der Waals surface area contributed by atoms with Gasteiger partial charge in [0.1, 0.15) is 11.9 Å². The van der Waals surface area contributed by atoms with E-state index in [1.165, 1.54) is 38.4 Å². The fourth-order valence-electron chi connectivity index (χ4n) is 4.56. The summed E-state index contributed by atoms with van der Waals surface area (Å²) >= 11 is 0. The molecule has 1 amide bonds. The van der Waals surface area contributed by atoms with Crippen LogP contribution in [0.4, 0.5) is 0 Å². The second kappa shape index (κ2) is 7.85. The van der Waals surface area contributed by atoms with Crippen molar-refractivity contribution in [1.29, 1.82) is 0 Å². The Morgan fingerprint density at radius 3 is 2.56 bits per heavy atom. The lowest BCUT2D eigenvalue weighted by atomic mass is 9.81. The summed E-state index contributed by atoms with van der Waals surface area (Å²) in [6, 6.07) is 0. The number of aromatic nitrogens is 3. The third-order valence-electron chi connectivity index (χ3n) is 6.21. The minimum absolute atomic E-state index is 0.143. The molecule has 1 atom stereocenters. The average molecular weight is 348 g/mol. The minimum Gasteiger partial charge on any atom is -0.382 e. The van der Waals surface area contributed by atoms with Gasteiger partial charge in [0.2, 0.25) is 5.91 Å². The lowest BCUT2D eigenvalue weighted by molar-refractivity contribution is -0.141. The number of likely N-dealkylation sites (tertiary alicyclic amines) is 1. The van der Waals surface area contributed by atoms with Crippen LogP contribution in [0, 0.1) is 11.8 Å². The number of carbonyl (C=O) groups excluding carboxylic acids is 1. The van der Waals surface area contributed by atoms with Crippen molar-refractivity contribution in [3.05, 3.63) is 12.2 Å². The molecule has 0 aromatic carbocycles. The second-order valence-electron chi connectivity index (χ2n) is 7.91. The van der Waals surface area contributed by atoms with Crippen LogP contribution in [-0.2, 0) is 17.4 Å². The maximum atomic E-state index is 13.0. The number of carbonyl (C=O) groups is 1. The summed E-state index contributed by atoms with van der Waals surface area (Å²) in [5.41, 5.74) is -0.965. The highest BCUT2D eigenvalue weighted by molar-refractivity contribution is 5.79. The number of hydrogen-bond donors (Lipinski definition) is 1. The van der Waals surface area contributed by atoms with Gasteiger partial charge in [-0.3, -0.25) is 9.48 Å². The topological polar surface area (TPSA) is 71.2 Å². The fourth-order valence-corrected chi connectivity index (χ4v) is 4.56. The summed E-state index contributed by atoms with van der Waals surface area (Å²) in [6.07, 6.45) is 11.1. The molecule has 1 N–H and O–H groups in total. The van der Waals surface area contributed by atoms with Crippen LogP contribution in [0.25, 0.3) is 0 Å². The van der Waals surface area contributed by atoms with Crippen LogP contribution < -0.4 is 0 Å². The SMILES string of the molecule is CCC(CC1CCCCC1)C(=O)N1CCC(O)(c2ncnn2C)CC1. The Morgan fingerprint density at radius 1 is 1.32 bits per heavy atom. The molecule has 1 aliphatic heterocycles. The predicted octanol–water partition coefficient (Wildman–Crippen LogP) is 2.62. The lowest BCUT2D eigenvalue weighted by Crippen LogP contribution is -2.48. The summed E-state index contributed by atoms with van der Waals surface area (Å²) in [5.74, 6) is 1.76. The summed E-state index contributed by atoms with van der Waals surface area (Å²) in [5, 5.41) is 15.0. The van der Waals surface area contributed by atoms with Crippen LogP contribution >= 0.6 is 0 Å². The van der Waals surface area contributed by atoms with Gasteiger partial charge < -0.3 is 10.0 Å². The lowest BCUT2D eigenvalue weighted by Gasteiger charge is -2.39. The first kappa shape index (κ1) is 18.4. The Bertz CT molecular complexity index is 572. The van der Waals surface area contributed by atoms with Gasteiger partial charge in [-0.15, -0.1) is 0 Å². The third kappa shape index (κ3) is 4.05. The van der Waals surface area contributed by atoms with E-state index in [-0.39, 0.29) is 11.8 Å². The molecule has 1 aliphatic carbocycles. The van der Waals surface area contributed by atoms with Gasteiger partial charge in [-0.05, 0) is 18.8 Å². The van der Waals surface area contributed by atoms with Gasteiger partial charge in [0, 0.05) is 38.9 Å². The standard InChI is InChI=1S/C19H32N4O2/c1-3-16(13-15-7-5-4-6-8-15)17(24)23-11-9-19(25,10-12-23)18-20-14-21-22(18)2/h14-16,25H,3-13H2,1-2H3. The van der Waals surface area contributed by atoms with E-state index < -0.39 is 5.60 Å². The summed E-state index contributed by atoms with van der Waals surface area (Å²) in [7, 11) is 1.80. The number of aryl methyl sites for hydroxylation is 1. The predicted molar refractivity (Wildman–Crippen MR) is 95.7 cm³/mol. The number of rotatable bonds is 5. The monoisotopic (exact) mass is 348 g/mol. The summed E-state index contributed by atoms with van der Waals surface area (Å²) in [4.78, 5) is 19.1. The molecular weight excluding hydrogens is 316 g/mol. The van der Waals surface area contributed by atoms with Crippen molar-refractivity contribution in [3.8, 4) is 0 Å².